The first-order chi connectivity index (χ1) is 6.59. The summed E-state index contributed by atoms with van der Waals surface area (Å²) in [6.45, 7) is 4.07. The van der Waals surface area contributed by atoms with E-state index in [1.54, 1.807) is 0 Å². The van der Waals surface area contributed by atoms with Crippen molar-refractivity contribution < 1.29 is 4.79 Å². The van der Waals surface area contributed by atoms with E-state index in [0.717, 1.165) is 9.26 Å². The van der Waals surface area contributed by atoms with Crippen molar-refractivity contribution in [1.82, 2.24) is 0 Å². The molecule has 14 heavy (non-hydrogen) atoms. The number of carbonyl (C=O) groups is 1. The normalized spacial score (nSPS) is 10.3. The Morgan fingerprint density at radius 2 is 2.07 bits per heavy atom. The number of nitrogens with one attached hydrogen (secondary N) is 1. The molecule has 1 N–H and O–H groups in total. The number of halogens is 1. The molecule has 0 spiro atoms. The van der Waals surface area contributed by atoms with Gasteiger partial charge in [0.1, 0.15) is 0 Å². The van der Waals surface area contributed by atoms with Crippen LogP contribution in [0.3, 0.4) is 0 Å². The lowest BCUT2D eigenvalue weighted by Crippen LogP contribution is -2.14. The fraction of sp³-hybridized carbons (Fsp3) is 0.364. The molecule has 2 nitrogen and oxygen atoms in total. The predicted molar refractivity (Wildman–Crippen MR) is 67.2 cm³/mol. The van der Waals surface area contributed by atoms with Gasteiger partial charge in [0.2, 0.25) is 5.91 Å². The number of hydrogen-bond acceptors (Lipinski definition) is 1. The van der Waals surface area contributed by atoms with Crippen molar-refractivity contribution in [3.8, 4) is 0 Å². The monoisotopic (exact) mass is 303 g/mol. The molecular formula is C11H14INO. The molecule has 76 valence electrons. The van der Waals surface area contributed by atoms with Crippen molar-refractivity contribution in [1.29, 1.82) is 0 Å². The Balaban J connectivity index is 2.61. The summed E-state index contributed by atoms with van der Waals surface area (Å²) >= 11 is 2.21. The zero-order valence-corrected chi connectivity index (χ0v) is 10.5. The van der Waals surface area contributed by atoms with Crippen molar-refractivity contribution >= 4 is 34.2 Å². The third-order valence-corrected chi connectivity index (χ3v) is 2.68. The molecule has 0 aromatic heterocycles. The molecule has 1 rings (SSSR count). The topological polar surface area (TPSA) is 29.1 Å². The van der Waals surface area contributed by atoms with Gasteiger partial charge in [-0.1, -0.05) is 26.0 Å². The van der Waals surface area contributed by atoms with Gasteiger partial charge in [0.15, 0.2) is 0 Å². The average molecular weight is 303 g/mol. The van der Waals surface area contributed by atoms with Crippen LogP contribution in [0.15, 0.2) is 24.3 Å². The van der Waals surface area contributed by atoms with E-state index in [-0.39, 0.29) is 5.91 Å². The van der Waals surface area contributed by atoms with Crippen molar-refractivity contribution in [3.05, 3.63) is 27.8 Å². The second-order valence-corrected chi connectivity index (χ2v) is 4.79. The first-order valence-electron chi connectivity index (χ1n) is 4.64. The highest BCUT2D eigenvalue weighted by Gasteiger charge is 2.06. The highest BCUT2D eigenvalue weighted by atomic mass is 127. The Bertz CT molecular complexity index is 323. The van der Waals surface area contributed by atoms with E-state index in [0.29, 0.717) is 12.3 Å². The van der Waals surface area contributed by atoms with Gasteiger partial charge in [0.05, 0.1) is 5.69 Å². The molecule has 1 aromatic rings. The molecule has 0 unspecified atom stereocenters. The molecule has 1 aromatic carbocycles. The molecule has 0 aliphatic heterocycles. The Hall–Kier alpha value is -0.580. The smallest absolute Gasteiger partial charge is 0.224 e. The van der Waals surface area contributed by atoms with Gasteiger partial charge in [-0.3, -0.25) is 4.79 Å². The quantitative estimate of drug-likeness (QED) is 0.853. The molecule has 0 bridgehead atoms. The Morgan fingerprint density at radius 1 is 1.43 bits per heavy atom. The van der Waals surface area contributed by atoms with Gasteiger partial charge in [-0.05, 0) is 40.6 Å². The van der Waals surface area contributed by atoms with E-state index in [4.69, 9.17) is 0 Å². The van der Waals surface area contributed by atoms with E-state index in [1.807, 2.05) is 38.1 Å². The number of hydrogen-bond donors (Lipinski definition) is 1. The lowest BCUT2D eigenvalue weighted by molar-refractivity contribution is -0.116. The number of benzene rings is 1. The molecule has 0 radical (unpaired) electrons. The Morgan fingerprint density at radius 3 is 2.64 bits per heavy atom. The fourth-order valence-corrected chi connectivity index (χ4v) is 1.66. The first-order valence-corrected chi connectivity index (χ1v) is 5.72. The van der Waals surface area contributed by atoms with Gasteiger partial charge >= 0.3 is 0 Å². The minimum Gasteiger partial charge on any atom is -0.325 e. The second-order valence-electron chi connectivity index (χ2n) is 3.63. The maximum Gasteiger partial charge on any atom is 0.224 e. The second kappa shape index (κ2) is 5.34. The minimum atomic E-state index is 0.0871. The lowest BCUT2D eigenvalue weighted by atomic mass is 10.1. The third-order valence-electron chi connectivity index (χ3n) is 1.74. The molecule has 0 heterocycles. The lowest BCUT2D eigenvalue weighted by Gasteiger charge is -2.08. The van der Waals surface area contributed by atoms with Crippen molar-refractivity contribution in [2.75, 3.05) is 5.32 Å². The largest absolute Gasteiger partial charge is 0.325 e. The van der Waals surface area contributed by atoms with Crippen molar-refractivity contribution in [3.63, 3.8) is 0 Å². The van der Waals surface area contributed by atoms with Crippen LogP contribution in [0.25, 0.3) is 0 Å². The van der Waals surface area contributed by atoms with Crippen LogP contribution in [-0.2, 0) is 4.79 Å². The van der Waals surface area contributed by atoms with Gasteiger partial charge < -0.3 is 5.32 Å². The molecule has 0 fully saturated rings. The van der Waals surface area contributed by atoms with E-state index in [2.05, 4.69) is 27.9 Å². The highest BCUT2D eigenvalue weighted by Crippen LogP contribution is 2.17. The summed E-state index contributed by atoms with van der Waals surface area (Å²) in [4.78, 5) is 11.5. The molecule has 0 aliphatic carbocycles. The Labute approximate surface area is 98.2 Å². The van der Waals surface area contributed by atoms with Crippen LogP contribution in [0, 0.1) is 9.49 Å². The fourth-order valence-electron chi connectivity index (χ4n) is 1.13. The first kappa shape index (κ1) is 11.5. The third kappa shape index (κ3) is 3.65. The summed E-state index contributed by atoms with van der Waals surface area (Å²) in [5.41, 5.74) is 0.902. The predicted octanol–water partition coefficient (Wildman–Crippen LogP) is 3.28. The highest BCUT2D eigenvalue weighted by molar-refractivity contribution is 14.1. The Kier molecular flexibility index (Phi) is 4.38. The number of rotatable bonds is 3. The summed E-state index contributed by atoms with van der Waals surface area (Å²) in [5, 5.41) is 2.90. The van der Waals surface area contributed by atoms with E-state index >= 15 is 0 Å². The van der Waals surface area contributed by atoms with Crippen LogP contribution in [0.4, 0.5) is 5.69 Å². The molecule has 0 saturated heterocycles. The van der Waals surface area contributed by atoms with Crippen LogP contribution in [-0.4, -0.2) is 5.91 Å². The zero-order valence-electron chi connectivity index (χ0n) is 8.38. The summed E-state index contributed by atoms with van der Waals surface area (Å²) < 4.78 is 1.07. The summed E-state index contributed by atoms with van der Waals surface area (Å²) in [5.74, 6) is 0.487. The van der Waals surface area contributed by atoms with E-state index < -0.39 is 0 Å². The molecule has 0 saturated carbocycles. The van der Waals surface area contributed by atoms with Crippen LogP contribution in [0.5, 0.6) is 0 Å². The van der Waals surface area contributed by atoms with Crippen molar-refractivity contribution in [2.24, 2.45) is 5.92 Å². The summed E-state index contributed by atoms with van der Waals surface area (Å²) in [6.07, 6.45) is 0.574. The minimum absolute atomic E-state index is 0.0871. The molecule has 0 atom stereocenters. The van der Waals surface area contributed by atoms with Crippen LogP contribution < -0.4 is 5.32 Å². The van der Waals surface area contributed by atoms with Gasteiger partial charge in [0.25, 0.3) is 0 Å². The SMILES string of the molecule is CC(C)CC(=O)Nc1ccccc1I. The standard InChI is InChI=1S/C11H14INO/c1-8(2)7-11(14)13-10-6-4-3-5-9(10)12/h3-6,8H,7H2,1-2H3,(H,13,14). The molecule has 3 heteroatoms. The van der Waals surface area contributed by atoms with Crippen LogP contribution in [0.1, 0.15) is 20.3 Å². The van der Waals surface area contributed by atoms with Crippen LogP contribution in [0.2, 0.25) is 0 Å². The summed E-state index contributed by atoms with van der Waals surface area (Å²) in [7, 11) is 0. The van der Waals surface area contributed by atoms with Gasteiger partial charge in [-0.2, -0.15) is 0 Å². The van der Waals surface area contributed by atoms with Gasteiger partial charge in [0, 0.05) is 9.99 Å². The average Bonchev–Trinajstić information content (AvgIpc) is 2.07. The number of para-hydroxylation sites is 1. The van der Waals surface area contributed by atoms with Crippen LogP contribution >= 0.6 is 22.6 Å². The number of amides is 1. The molecule has 1 amide bonds. The van der Waals surface area contributed by atoms with E-state index in [1.165, 1.54) is 0 Å². The zero-order chi connectivity index (χ0) is 10.6. The van der Waals surface area contributed by atoms with Gasteiger partial charge in [-0.25, -0.2) is 0 Å². The molecule has 0 aliphatic rings. The van der Waals surface area contributed by atoms with E-state index in [9.17, 15) is 4.79 Å². The van der Waals surface area contributed by atoms with Crippen molar-refractivity contribution in [2.45, 2.75) is 20.3 Å². The maximum atomic E-state index is 11.5. The number of carbonyl (C=O) groups excluding carboxylic acids is 1. The molecular weight excluding hydrogens is 289 g/mol. The number of anilines is 1. The summed E-state index contributed by atoms with van der Waals surface area (Å²) in [6, 6.07) is 7.78. The maximum absolute atomic E-state index is 11.5. The van der Waals surface area contributed by atoms with Gasteiger partial charge in [-0.15, -0.1) is 0 Å².